The molecule has 5 heteroatoms. The summed E-state index contributed by atoms with van der Waals surface area (Å²) >= 11 is 1.74. The molecule has 1 atom stereocenters. The van der Waals surface area contributed by atoms with Crippen LogP contribution in [0.2, 0.25) is 0 Å². The number of hydrogen-bond donors (Lipinski definition) is 2. The fourth-order valence-corrected chi connectivity index (χ4v) is 3.12. The third kappa shape index (κ3) is 5.08. The van der Waals surface area contributed by atoms with E-state index in [0.717, 1.165) is 18.7 Å². The van der Waals surface area contributed by atoms with E-state index in [1.165, 1.54) is 10.4 Å². The van der Waals surface area contributed by atoms with Crippen molar-refractivity contribution in [3.8, 4) is 0 Å². The Balaban J connectivity index is 1.98. The van der Waals surface area contributed by atoms with Gasteiger partial charge in [-0.05, 0) is 48.6 Å². The van der Waals surface area contributed by atoms with Crippen molar-refractivity contribution >= 4 is 22.9 Å². The van der Waals surface area contributed by atoms with Crippen molar-refractivity contribution in [1.82, 2.24) is 5.32 Å². The Morgan fingerprint density at radius 1 is 1.35 bits per heavy atom. The number of anilines is 1. The summed E-state index contributed by atoms with van der Waals surface area (Å²) in [5, 5.41) is 8.48. The van der Waals surface area contributed by atoms with E-state index >= 15 is 0 Å². The number of ether oxygens (including phenoxy) is 1. The standard InChI is InChI=1S/C18H24N2O2S/c1-4-15(12-22-3)20-18(21)14-6-5-7-16(10-14)19-11-17-13(2)8-9-23-17/h5-10,15,19H,4,11-12H2,1-3H3,(H,20,21)/t15-/m1/s1. The van der Waals surface area contributed by atoms with E-state index in [1.54, 1.807) is 18.4 Å². The van der Waals surface area contributed by atoms with Crippen LogP contribution in [0.3, 0.4) is 0 Å². The fourth-order valence-electron chi connectivity index (χ4n) is 2.27. The molecule has 0 aliphatic heterocycles. The zero-order chi connectivity index (χ0) is 16.7. The third-order valence-electron chi connectivity index (χ3n) is 3.74. The van der Waals surface area contributed by atoms with E-state index in [2.05, 4.69) is 29.0 Å². The summed E-state index contributed by atoms with van der Waals surface area (Å²) in [4.78, 5) is 13.6. The van der Waals surface area contributed by atoms with Gasteiger partial charge in [0.2, 0.25) is 0 Å². The topological polar surface area (TPSA) is 50.4 Å². The maximum absolute atomic E-state index is 12.3. The first-order chi connectivity index (χ1) is 11.1. The lowest BCUT2D eigenvalue weighted by molar-refractivity contribution is 0.0894. The highest BCUT2D eigenvalue weighted by atomic mass is 32.1. The molecule has 2 aromatic rings. The average Bonchev–Trinajstić information content (AvgIpc) is 2.97. The largest absolute Gasteiger partial charge is 0.383 e. The molecule has 23 heavy (non-hydrogen) atoms. The number of rotatable bonds is 8. The van der Waals surface area contributed by atoms with E-state index in [9.17, 15) is 4.79 Å². The van der Waals surface area contributed by atoms with Gasteiger partial charge in [-0.2, -0.15) is 0 Å². The second kappa shape index (κ2) is 8.70. The smallest absolute Gasteiger partial charge is 0.251 e. The molecule has 0 fully saturated rings. The lowest BCUT2D eigenvalue weighted by Gasteiger charge is -2.16. The number of hydrogen-bond acceptors (Lipinski definition) is 4. The highest BCUT2D eigenvalue weighted by Gasteiger charge is 2.12. The Hall–Kier alpha value is -1.85. The molecule has 0 aliphatic rings. The van der Waals surface area contributed by atoms with Crippen molar-refractivity contribution < 1.29 is 9.53 Å². The average molecular weight is 332 g/mol. The van der Waals surface area contributed by atoms with E-state index in [1.807, 2.05) is 31.2 Å². The molecule has 1 amide bonds. The predicted molar refractivity (Wildman–Crippen MR) is 96.2 cm³/mol. The van der Waals surface area contributed by atoms with Crippen LogP contribution in [0.15, 0.2) is 35.7 Å². The first-order valence-corrected chi connectivity index (χ1v) is 8.68. The Morgan fingerprint density at radius 2 is 2.17 bits per heavy atom. The Kier molecular flexibility index (Phi) is 6.62. The van der Waals surface area contributed by atoms with Crippen LogP contribution in [0.4, 0.5) is 5.69 Å². The van der Waals surface area contributed by atoms with Crippen molar-refractivity contribution in [2.75, 3.05) is 19.0 Å². The number of benzene rings is 1. The van der Waals surface area contributed by atoms with Gasteiger partial charge in [-0.25, -0.2) is 0 Å². The van der Waals surface area contributed by atoms with Crippen LogP contribution >= 0.6 is 11.3 Å². The molecule has 0 spiro atoms. The summed E-state index contributed by atoms with van der Waals surface area (Å²) < 4.78 is 5.12. The summed E-state index contributed by atoms with van der Waals surface area (Å²) in [6.07, 6.45) is 0.842. The highest BCUT2D eigenvalue weighted by Crippen LogP contribution is 2.18. The summed E-state index contributed by atoms with van der Waals surface area (Å²) in [7, 11) is 1.64. The van der Waals surface area contributed by atoms with Crippen molar-refractivity contribution in [3.05, 3.63) is 51.7 Å². The number of amides is 1. The minimum atomic E-state index is -0.0649. The lowest BCUT2D eigenvalue weighted by Crippen LogP contribution is -2.37. The molecule has 4 nitrogen and oxygen atoms in total. The minimum Gasteiger partial charge on any atom is -0.383 e. The molecule has 1 heterocycles. The van der Waals surface area contributed by atoms with Crippen LogP contribution in [0, 0.1) is 6.92 Å². The summed E-state index contributed by atoms with van der Waals surface area (Å²) in [6.45, 7) is 5.44. The number of aryl methyl sites for hydroxylation is 1. The van der Waals surface area contributed by atoms with Crippen molar-refractivity contribution in [2.45, 2.75) is 32.9 Å². The van der Waals surface area contributed by atoms with E-state index in [4.69, 9.17) is 4.74 Å². The number of methoxy groups -OCH3 is 1. The molecule has 2 rings (SSSR count). The molecular weight excluding hydrogens is 308 g/mol. The predicted octanol–water partition coefficient (Wildman–Crippen LogP) is 3.82. The Bertz CT molecular complexity index is 639. The Labute approximate surface area is 141 Å². The van der Waals surface area contributed by atoms with E-state index in [0.29, 0.717) is 12.2 Å². The molecule has 0 bridgehead atoms. The number of nitrogens with one attached hydrogen (secondary N) is 2. The van der Waals surface area contributed by atoms with Gasteiger partial charge in [0.15, 0.2) is 0 Å². The van der Waals surface area contributed by atoms with Gasteiger partial charge in [0, 0.05) is 29.8 Å². The molecule has 1 aromatic carbocycles. The van der Waals surface area contributed by atoms with Gasteiger partial charge in [0.1, 0.15) is 0 Å². The second-order valence-corrected chi connectivity index (χ2v) is 6.50. The third-order valence-corrected chi connectivity index (χ3v) is 4.76. The quantitative estimate of drug-likeness (QED) is 0.772. The van der Waals surface area contributed by atoms with Crippen LogP contribution in [0.5, 0.6) is 0 Å². The number of thiophene rings is 1. The van der Waals surface area contributed by atoms with Gasteiger partial charge < -0.3 is 15.4 Å². The molecule has 1 aromatic heterocycles. The van der Waals surface area contributed by atoms with Crippen LogP contribution < -0.4 is 10.6 Å². The molecule has 0 saturated carbocycles. The molecule has 0 unspecified atom stereocenters. The molecule has 0 saturated heterocycles. The normalized spacial score (nSPS) is 12.0. The van der Waals surface area contributed by atoms with Crippen LogP contribution in [-0.2, 0) is 11.3 Å². The van der Waals surface area contributed by atoms with Crippen molar-refractivity contribution in [3.63, 3.8) is 0 Å². The first kappa shape index (κ1) is 17.5. The Morgan fingerprint density at radius 3 is 2.83 bits per heavy atom. The van der Waals surface area contributed by atoms with E-state index in [-0.39, 0.29) is 11.9 Å². The minimum absolute atomic E-state index is 0.0397. The second-order valence-electron chi connectivity index (χ2n) is 5.50. The van der Waals surface area contributed by atoms with Gasteiger partial charge in [0.25, 0.3) is 5.91 Å². The molecular formula is C18H24N2O2S. The molecule has 0 aliphatic carbocycles. The summed E-state index contributed by atoms with van der Waals surface area (Å²) in [6, 6.07) is 9.75. The lowest BCUT2D eigenvalue weighted by atomic mass is 10.1. The zero-order valence-electron chi connectivity index (χ0n) is 13.9. The maximum atomic E-state index is 12.3. The fraction of sp³-hybridized carbons (Fsp3) is 0.389. The van der Waals surface area contributed by atoms with Crippen molar-refractivity contribution in [1.29, 1.82) is 0 Å². The van der Waals surface area contributed by atoms with Crippen LogP contribution in [0.1, 0.15) is 34.1 Å². The van der Waals surface area contributed by atoms with E-state index < -0.39 is 0 Å². The van der Waals surface area contributed by atoms with Crippen LogP contribution in [-0.4, -0.2) is 25.7 Å². The maximum Gasteiger partial charge on any atom is 0.251 e. The zero-order valence-corrected chi connectivity index (χ0v) is 14.7. The van der Waals surface area contributed by atoms with Gasteiger partial charge in [-0.15, -0.1) is 11.3 Å². The van der Waals surface area contributed by atoms with Gasteiger partial charge in [0.05, 0.1) is 12.6 Å². The number of carbonyl (C=O) groups is 1. The first-order valence-electron chi connectivity index (χ1n) is 7.80. The van der Waals surface area contributed by atoms with Gasteiger partial charge in [-0.3, -0.25) is 4.79 Å². The molecule has 0 radical (unpaired) electrons. The van der Waals surface area contributed by atoms with Gasteiger partial charge >= 0.3 is 0 Å². The van der Waals surface area contributed by atoms with Crippen molar-refractivity contribution in [2.24, 2.45) is 0 Å². The summed E-state index contributed by atoms with van der Waals surface area (Å²) in [5.41, 5.74) is 2.90. The van der Waals surface area contributed by atoms with Gasteiger partial charge in [-0.1, -0.05) is 13.0 Å². The SMILES string of the molecule is CC[C@H](COC)NC(=O)c1cccc(NCc2sccc2C)c1. The molecule has 2 N–H and O–H groups in total. The molecule has 124 valence electrons. The highest BCUT2D eigenvalue weighted by molar-refractivity contribution is 7.10. The summed E-state index contributed by atoms with van der Waals surface area (Å²) in [5.74, 6) is -0.0649. The van der Waals surface area contributed by atoms with Crippen LogP contribution in [0.25, 0.3) is 0 Å². The monoisotopic (exact) mass is 332 g/mol. The number of carbonyl (C=O) groups excluding carboxylic acids is 1.